The zero-order valence-electron chi connectivity index (χ0n) is 12.2. The summed E-state index contributed by atoms with van der Waals surface area (Å²) in [4.78, 5) is 8.30. The van der Waals surface area contributed by atoms with Crippen molar-refractivity contribution in [1.82, 2.24) is 4.98 Å². The second-order valence-electron chi connectivity index (χ2n) is 5.10. The van der Waals surface area contributed by atoms with Crippen molar-refractivity contribution in [3.05, 3.63) is 58.9 Å². The molecule has 0 unspecified atom stereocenters. The van der Waals surface area contributed by atoms with Gasteiger partial charge < -0.3 is 11.1 Å². The van der Waals surface area contributed by atoms with Gasteiger partial charge in [-0.25, -0.2) is 9.98 Å². The normalized spacial score (nSPS) is 11.7. The van der Waals surface area contributed by atoms with Gasteiger partial charge in [-0.15, -0.1) is 0 Å². The minimum atomic E-state index is 0.380. The van der Waals surface area contributed by atoms with E-state index in [4.69, 9.17) is 17.3 Å². The number of nitrogens with zero attached hydrogens (tertiary/aromatic N) is 2. The average Bonchev–Trinajstić information content (AvgIpc) is 2.47. The number of hydrogen-bond donors (Lipinski definition) is 2. The lowest BCUT2D eigenvalue weighted by Gasteiger charge is -2.10. The number of rotatable bonds is 4. The summed E-state index contributed by atoms with van der Waals surface area (Å²) in [6.07, 6.45) is 1.69. The minimum absolute atomic E-state index is 0.380. The van der Waals surface area contributed by atoms with E-state index in [-0.39, 0.29) is 0 Å². The average molecular weight is 303 g/mol. The predicted octanol–water partition coefficient (Wildman–Crippen LogP) is 3.79. The lowest BCUT2D eigenvalue weighted by Crippen LogP contribution is -2.22. The summed E-state index contributed by atoms with van der Waals surface area (Å²) in [5.74, 6) is 0.857. The Morgan fingerprint density at radius 1 is 1.33 bits per heavy atom. The maximum Gasteiger partial charge on any atom is 0.193 e. The van der Waals surface area contributed by atoms with Gasteiger partial charge in [0.15, 0.2) is 5.96 Å². The van der Waals surface area contributed by atoms with Crippen LogP contribution in [0.2, 0.25) is 5.15 Å². The zero-order chi connectivity index (χ0) is 15.2. The largest absolute Gasteiger partial charge is 0.370 e. The standard InChI is InChI=1S/C16H19ClN4/c1-11(2)13-4-3-5-14(8-13)21-16(18)20-10-12-6-7-15(17)19-9-12/h3-9,11H,10H2,1-2H3,(H3,18,20,21). The van der Waals surface area contributed by atoms with Crippen LogP contribution in [0, 0.1) is 0 Å². The van der Waals surface area contributed by atoms with E-state index in [2.05, 4.69) is 41.3 Å². The smallest absolute Gasteiger partial charge is 0.193 e. The van der Waals surface area contributed by atoms with Crippen molar-refractivity contribution in [2.24, 2.45) is 10.7 Å². The molecule has 2 rings (SSSR count). The highest BCUT2D eigenvalue weighted by Crippen LogP contribution is 2.18. The first-order chi connectivity index (χ1) is 10.0. The van der Waals surface area contributed by atoms with Gasteiger partial charge in [-0.1, -0.05) is 43.6 Å². The minimum Gasteiger partial charge on any atom is -0.370 e. The van der Waals surface area contributed by atoms with Gasteiger partial charge in [0.05, 0.1) is 6.54 Å². The van der Waals surface area contributed by atoms with Crippen molar-refractivity contribution in [2.75, 3.05) is 5.32 Å². The topological polar surface area (TPSA) is 63.3 Å². The molecule has 0 aliphatic rings. The number of nitrogens with two attached hydrogens (primary N) is 1. The molecule has 0 radical (unpaired) electrons. The third-order valence-electron chi connectivity index (χ3n) is 3.05. The second kappa shape index (κ2) is 7.09. The maximum absolute atomic E-state index is 5.90. The molecule has 1 aromatic carbocycles. The molecule has 0 fully saturated rings. The molecule has 0 amide bonds. The van der Waals surface area contributed by atoms with Crippen LogP contribution in [0.4, 0.5) is 5.69 Å². The van der Waals surface area contributed by atoms with Crippen LogP contribution >= 0.6 is 11.6 Å². The van der Waals surface area contributed by atoms with Gasteiger partial charge in [0.1, 0.15) is 5.15 Å². The lowest BCUT2D eigenvalue weighted by atomic mass is 10.0. The Labute approximate surface area is 130 Å². The molecule has 0 saturated heterocycles. The number of hydrogen-bond acceptors (Lipinski definition) is 2. The molecule has 21 heavy (non-hydrogen) atoms. The Kier molecular flexibility index (Phi) is 5.17. The number of benzene rings is 1. The molecule has 0 atom stereocenters. The quantitative estimate of drug-likeness (QED) is 0.513. The second-order valence-corrected chi connectivity index (χ2v) is 5.48. The van der Waals surface area contributed by atoms with Crippen molar-refractivity contribution in [3.8, 4) is 0 Å². The van der Waals surface area contributed by atoms with E-state index in [0.29, 0.717) is 23.6 Å². The molecule has 0 bridgehead atoms. The molecule has 0 saturated carbocycles. The molecule has 1 heterocycles. The Balaban J connectivity index is 2.00. The summed E-state index contributed by atoms with van der Waals surface area (Å²) in [6, 6.07) is 11.8. The summed E-state index contributed by atoms with van der Waals surface area (Å²) >= 11 is 5.74. The molecule has 110 valence electrons. The van der Waals surface area contributed by atoms with Gasteiger partial charge in [0, 0.05) is 11.9 Å². The number of guanidine groups is 1. The van der Waals surface area contributed by atoms with Gasteiger partial charge in [-0.2, -0.15) is 0 Å². The van der Waals surface area contributed by atoms with Crippen LogP contribution in [0.5, 0.6) is 0 Å². The van der Waals surface area contributed by atoms with Gasteiger partial charge >= 0.3 is 0 Å². The first-order valence-electron chi connectivity index (χ1n) is 6.82. The number of anilines is 1. The van der Waals surface area contributed by atoms with Crippen LogP contribution in [-0.2, 0) is 6.54 Å². The summed E-state index contributed by atoms with van der Waals surface area (Å²) in [5.41, 5.74) is 9.06. The molecule has 5 heteroatoms. The molecule has 4 nitrogen and oxygen atoms in total. The summed E-state index contributed by atoms with van der Waals surface area (Å²) in [6.45, 7) is 4.78. The number of aliphatic imine (C=N–C) groups is 1. The van der Waals surface area contributed by atoms with Gasteiger partial charge in [0.2, 0.25) is 0 Å². The Morgan fingerprint density at radius 2 is 2.14 bits per heavy atom. The first kappa shape index (κ1) is 15.3. The van der Waals surface area contributed by atoms with Crippen molar-refractivity contribution in [2.45, 2.75) is 26.3 Å². The van der Waals surface area contributed by atoms with Gasteiger partial charge in [-0.3, -0.25) is 0 Å². The number of nitrogens with one attached hydrogen (secondary N) is 1. The number of pyridine rings is 1. The van der Waals surface area contributed by atoms with Crippen molar-refractivity contribution in [3.63, 3.8) is 0 Å². The van der Waals surface area contributed by atoms with E-state index in [1.807, 2.05) is 18.2 Å². The number of aromatic nitrogens is 1. The van der Waals surface area contributed by atoms with E-state index in [0.717, 1.165) is 11.3 Å². The molecular weight excluding hydrogens is 284 g/mol. The van der Waals surface area contributed by atoms with E-state index in [1.54, 1.807) is 12.3 Å². The molecule has 2 aromatic rings. The highest BCUT2D eigenvalue weighted by Gasteiger charge is 2.01. The summed E-state index contributed by atoms with van der Waals surface area (Å²) in [5, 5.41) is 3.57. The summed E-state index contributed by atoms with van der Waals surface area (Å²) < 4.78 is 0. The fourth-order valence-electron chi connectivity index (χ4n) is 1.84. The Hall–Kier alpha value is -2.07. The molecule has 1 aromatic heterocycles. The SMILES string of the molecule is CC(C)c1cccc(NC(N)=NCc2ccc(Cl)nc2)c1. The Morgan fingerprint density at radius 3 is 2.81 bits per heavy atom. The fraction of sp³-hybridized carbons (Fsp3) is 0.250. The lowest BCUT2D eigenvalue weighted by molar-refractivity contribution is 0.867. The monoisotopic (exact) mass is 302 g/mol. The predicted molar refractivity (Wildman–Crippen MR) is 88.7 cm³/mol. The van der Waals surface area contributed by atoms with Crippen LogP contribution in [0.3, 0.4) is 0 Å². The van der Waals surface area contributed by atoms with E-state index < -0.39 is 0 Å². The molecular formula is C16H19ClN4. The van der Waals surface area contributed by atoms with Crippen LogP contribution in [-0.4, -0.2) is 10.9 Å². The molecule has 0 aliphatic heterocycles. The van der Waals surface area contributed by atoms with Crippen LogP contribution < -0.4 is 11.1 Å². The van der Waals surface area contributed by atoms with Crippen LogP contribution in [0.15, 0.2) is 47.6 Å². The van der Waals surface area contributed by atoms with Crippen LogP contribution in [0.1, 0.15) is 30.9 Å². The van der Waals surface area contributed by atoms with Gasteiger partial charge in [0.25, 0.3) is 0 Å². The highest BCUT2D eigenvalue weighted by atomic mass is 35.5. The zero-order valence-corrected chi connectivity index (χ0v) is 12.9. The molecule has 3 N–H and O–H groups in total. The van der Waals surface area contributed by atoms with Crippen molar-refractivity contribution >= 4 is 23.2 Å². The van der Waals surface area contributed by atoms with E-state index in [1.165, 1.54) is 5.56 Å². The fourth-order valence-corrected chi connectivity index (χ4v) is 1.95. The summed E-state index contributed by atoms with van der Waals surface area (Å²) in [7, 11) is 0. The molecule has 0 spiro atoms. The first-order valence-corrected chi connectivity index (χ1v) is 7.19. The van der Waals surface area contributed by atoms with E-state index in [9.17, 15) is 0 Å². The Bertz CT molecular complexity index is 620. The van der Waals surface area contributed by atoms with Crippen LogP contribution in [0.25, 0.3) is 0 Å². The molecule has 0 aliphatic carbocycles. The maximum atomic E-state index is 5.90. The van der Waals surface area contributed by atoms with Crippen molar-refractivity contribution in [1.29, 1.82) is 0 Å². The van der Waals surface area contributed by atoms with Gasteiger partial charge in [-0.05, 0) is 35.2 Å². The number of halogens is 1. The highest BCUT2D eigenvalue weighted by molar-refractivity contribution is 6.29. The third kappa shape index (κ3) is 4.76. The van der Waals surface area contributed by atoms with E-state index >= 15 is 0 Å². The third-order valence-corrected chi connectivity index (χ3v) is 3.27. The van der Waals surface area contributed by atoms with Crippen molar-refractivity contribution < 1.29 is 0 Å².